The number of methoxy groups -OCH3 is 1. The van der Waals surface area contributed by atoms with Gasteiger partial charge in [0.05, 0.1) is 13.5 Å². The summed E-state index contributed by atoms with van der Waals surface area (Å²) in [7, 11) is 1.67. The summed E-state index contributed by atoms with van der Waals surface area (Å²) < 4.78 is 23.1. The van der Waals surface area contributed by atoms with Gasteiger partial charge >= 0.3 is 0 Å². The minimum atomic E-state index is 0.123. The van der Waals surface area contributed by atoms with Crippen LogP contribution in [0.2, 0.25) is 0 Å². The molecule has 2 aliphatic heterocycles. The second kappa shape index (κ2) is 9.92. The maximum absolute atomic E-state index is 12.9. The Bertz CT molecular complexity index is 917. The van der Waals surface area contributed by atoms with Crippen LogP contribution in [0.15, 0.2) is 36.4 Å². The molecule has 0 unspecified atom stereocenters. The van der Waals surface area contributed by atoms with Gasteiger partial charge in [0, 0.05) is 49.9 Å². The third-order valence-corrected chi connectivity index (χ3v) is 5.74. The minimum absolute atomic E-state index is 0.123. The summed E-state index contributed by atoms with van der Waals surface area (Å²) in [6.45, 7) is 7.15. The molecule has 0 aliphatic carbocycles. The summed E-state index contributed by atoms with van der Waals surface area (Å²) in [5.74, 6) is 3.14. The van der Waals surface area contributed by atoms with Gasteiger partial charge in [0.1, 0.15) is 31.3 Å². The van der Waals surface area contributed by atoms with Gasteiger partial charge in [-0.1, -0.05) is 18.2 Å². The Hall–Kier alpha value is -2.93. The first-order valence-electron chi connectivity index (χ1n) is 10.8. The van der Waals surface area contributed by atoms with Crippen LogP contribution in [-0.4, -0.2) is 68.8 Å². The highest BCUT2D eigenvalue weighted by molar-refractivity contribution is 5.79. The highest BCUT2D eigenvalue weighted by atomic mass is 16.6. The zero-order chi connectivity index (χ0) is 21.6. The van der Waals surface area contributed by atoms with Crippen LogP contribution in [0.1, 0.15) is 18.1 Å². The molecular formula is C24H30N2O5. The van der Waals surface area contributed by atoms with Crippen LogP contribution in [0.4, 0.5) is 0 Å². The van der Waals surface area contributed by atoms with E-state index in [0.717, 1.165) is 41.5 Å². The Morgan fingerprint density at radius 2 is 1.68 bits per heavy atom. The van der Waals surface area contributed by atoms with Gasteiger partial charge in [-0.15, -0.1) is 0 Å². The molecular weight excluding hydrogens is 396 g/mol. The molecule has 1 amide bonds. The molecule has 0 aromatic heterocycles. The largest absolute Gasteiger partial charge is 0.496 e. The zero-order valence-electron chi connectivity index (χ0n) is 18.3. The van der Waals surface area contributed by atoms with E-state index in [1.807, 2.05) is 48.2 Å². The van der Waals surface area contributed by atoms with E-state index in [2.05, 4.69) is 4.90 Å². The number of carbonyl (C=O) groups excluding carboxylic acids is 1. The molecule has 4 rings (SSSR count). The zero-order valence-corrected chi connectivity index (χ0v) is 18.3. The Kier molecular flexibility index (Phi) is 6.82. The molecule has 2 aromatic rings. The molecule has 166 valence electrons. The van der Waals surface area contributed by atoms with Crippen molar-refractivity contribution in [2.45, 2.75) is 19.9 Å². The van der Waals surface area contributed by atoms with E-state index in [9.17, 15) is 4.79 Å². The standard InChI is InChI=1S/C24H30N2O5/c1-3-26-9-8-25(10-11-29-20-7-5-4-6-18(20)15-24(26)27)17-19-14-22-23(16-21(19)28-2)31-13-12-30-22/h4-7,14,16H,3,8-13,15,17H2,1-2H3. The van der Waals surface area contributed by atoms with Gasteiger partial charge in [0.15, 0.2) is 11.5 Å². The third kappa shape index (κ3) is 5.05. The summed E-state index contributed by atoms with van der Waals surface area (Å²) in [4.78, 5) is 17.1. The van der Waals surface area contributed by atoms with Crippen molar-refractivity contribution >= 4 is 5.91 Å². The molecule has 0 radical (unpaired) electrons. The third-order valence-electron chi connectivity index (χ3n) is 5.74. The van der Waals surface area contributed by atoms with Crippen LogP contribution in [0.5, 0.6) is 23.0 Å². The lowest BCUT2D eigenvalue weighted by atomic mass is 10.1. The number of amides is 1. The first-order valence-corrected chi connectivity index (χ1v) is 10.8. The van der Waals surface area contributed by atoms with Crippen LogP contribution >= 0.6 is 0 Å². The van der Waals surface area contributed by atoms with E-state index in [0.29, 0.717) is 51.6 Å². The lowest BCUT2D eigenvalue weighted by Gasteiger charge is -2.28. The summed E-state index contributed by atoms with van der Waals surface area (Å²) in [6, 6.07) is 11.7. The van der Waals surface area contributed by atoms with Gasteiger partial charge in [-0.05, 0) is 19.1 Å². The first kappa shape index (κ1) is 21.3. The average molecular weight is 427 g/mol. The fourth-order valence-corrected chi connectivity index (χ4v) is 4.01. The monoisotopic (exact) mass is 426 g/mol. The van der Waals surface area contributed by atoms with Gasteiger partial charge < -0.3 is 23.8 Å². The molecule has 7 nitrogen and oxygen atoms in total. The number of hydrogen-bond acceptors (Lipinski definition) is 6. The van der Waals surface area contributed by atoms with Gasteiger partial charge in [0.2, 0.25) is 5.91 Å². The molecule has 0 fully saturated rings. The molecule has 2 aromatic carbocycles. The van der Waals surface area contributed by atoms with Crippen molar-refractivity contribution in [1.82, 2.24) is 9.80 Å². The van der Waals surface area contributed by atoms with E-state index in [4.69, 9.17) is 18.9 Å². The Balaban J connectivity index is 1.55. The number of benzene rings is 2. The molecule has 0 atom stereocenters. The molecule has 2 heterocycles. The average Bonchev–Trinajstić information content (AvgIpc) is 2.82. The van der Waals surface area contributed by atoms with Crippen LogP contribution in [0, 0.1) is 0 Å². The van der Waals surface area contributed by atoms with Crippen molar-refractivity contribution in [1.29, 1.82) is 0 Å². The number of likely N-dealkylation sites (N-methyl/N-ethyl adjacent to an activating group) is 1. The molecule has 0 saturated carbocycles. The van der Waals surface area contributed by atoms with Crippen molar-refractivity contribution in [3.63, 3.8) is 0 Å². The van der Waals surface area contributed by atoms with Crippen molar-refractivity contribution in [2.24, 2.45) is 0 Å². The number of fused-ring (bicyclic) bond motifs is 2. The summed E-state index contributed by atoms with van der Waals surface area (Å²) in [5, 5.41) is 0. The summed E-state index contributed by atoms with van der Waals surface area (Å²) in [6.07, 6.45) is 0.361. The Morgan fingerprint density at radius 1 is 0.935 bits per heavy atom. The van der Waals surface area contributed by atoms with Crippen molar-refractivity contribution in [2.75, 3.05) is 53.1 Å². The number of hydrogen-bond donors (Lipinski definition) is 0. The number of ether oxygens (including phenoxy) is 4. The highest BCUT2D eigenvalue weighted by Crippen LogP contribution is 2.37. The number of para-hydroxylation sites is 1. The Labute approximate surface area is 183 Å². The van der Waals surface area contributed by atoms with Crippen LogP contribution < -0.4 is 18.9 Å². The van der Waals surface area contributed by atoms with Gasteiger partial charge in [0.25, 0.3) is 0 Å². The summed E-state index contributed by atoms with van der Waals surface area (Å²) in [5.41, 5.74) is 1.96. The molecule has 31 heavy (non-hydrogen) atoms. The number of nitrogens with zero attached hydrogens (tertiary/aromatic N) is 2. The van der Waals surface area contributed by atoms with Gasteiger partial charge in [-0.3, -0.25) is 9.69 Å². The topological polar surface area (TPSA) is 60.5 Å². The van der Waals surface area contributed by atoms with E-state index in [1.165, 1.54) is 0 Å². The molecule has 0 spiro atoms. The smallest absolute Gasteiger partial charge is 0.227 e. The minimum Gasteiger partial charge on any atom is -0.496 e. The van der Waals surface area contributed by atoms with Gasteiger partial charge in [-0.2, -0.15) is 0 Å². The van der Waals surface area contributed by atoms with Gasteiger partial charge in [-0.25, -0.2) is 0 Å². The highest BCUT2D eigenvalue weighted by Gasteiger charge is 2.21. The molecule has 0 bridgehead atoms. The molecule has 0 saturated heterocycles. The van der Waals surface area contributed by atoms with E-state index in [-0.39, 0.29) is 5.91 Å². The van der Waals surface area contributed by atoms with Crippen LogP contribution in [0.25, 0.3) is 0 Å². The maximum atomic E-state index is 12.9. The van der Waals surface area contributed by atoms with Crippen LogP contribution in [-0.2, 0) is 17.8 Å². The lowest BCUT2D eigenvalue weighted by molar-refractivity contribution is -0.130. The van der Waals surface area contributed by atoms with Crippen LogP contribution in [0.3, 0.4) is 0 Å². The van der Waals surface area contributed by atoms with Crippen molar-refractivity contribution in [3.8, 4) is 23.0 Å². The maximum Gasteiger partial charge on any atom is 0.227 e. The predicted molar refractivity (Wildman–Crippen MR) is 117 cm³/mol. The van der Waals surface area contributed by atoms with Crippen molar-refractivity contribution in [3.05, 3.63) is 47.5 Å². The quantitative estimate of drug-likeness (QED) is 0.749. The number of carbonyl (C=O) groups is 1. The second-order valence-corrected chi connectivity index (χ2v) is 7.69. The molecule has 2 aliphatic rings. The SMILES string of the molecule is CCN1CCN(Cc2cc3c(cc2OC)OCCO3)CCOc2ccccc2CC1=O. The fourth-order valence-electron chi connectivity index (χ4n) is 4.01. The van der Waals surface area contributed by atoms with Crippen molar-refractivity contribution < 1.29 is 23.7 Å². The van der Waals surface area contributed by atoms with E-state index in [1.54, 1.807) is 7.11 Å². The molecule has 0 N–H and O–H groups in total. The molecule has 7 heteroatoms. The first-order chi connectivity index (χ1) is 15.2. The number of rotatable bonds is 4. The predicted octanol–water partition coefficient (Wildman–Crippen LogP) is 2.75. The van der Waals surface area contributed by atoms with E-state index >= 15 is 0 Å². The summed E-state index contributed by atoms with van der Waals surface area (Å²) >= 11 is 0. The second-order valence-electron chi connectivity index (χ2n) is 7.69. The Morgan fingerprint density at radius 3 is 2.45 bits per heavy atom. The lowest BCUT2D eigenvalue weighted by Crippen LogP contribution is -2.39. The normalized spacial score (nSPS) is 17.4. The van der Waals surface area contributed by atoms with E-state index < -0.39 is 0 Å². The fraction of sp³-hybridized carbons (Fsp3) is 0.458.